The number of rotatable bonds is 5. The SMILES string of the molecule is O=C1CN(Cc2ccccc2OCc2c(F)cccc2Cl)CCN1. The number of nitrogens with one attached hydrogen (secondary N) is 1. The molecule has 1 heterocycles. The number of ether oxygens (including phenoxy) is 1. The van der Waals surface area contributed by atoms with E-state index in [1.165, 1.54) is 6.07 Å². The van der Waals surface area contributed by atoms with E-state index in [0.29, 0.717) is 36.0 Å². The largest absolute Gasteiger partial charge is 0.488 e. The lowest BCUT2D eigenvalue weighted by atomic mass is 10.1. The van der Waals surface area contributed by atoms with Crippen LogP contribution < -0.4 is 10.1 Å². The van der Waals surface area contributed by atoms with Crippen LogP contribution in [-0.4, -0.2) is 30.4 Å². The van der Waals surface area contributed by atoms with Crippen LogP contribution in [-0.2, 0) is 17.9 Å². The molecule has 0 spiro atoms. The van der Waals surface area contributed by atoms with Crippen molar-refractivity contribution < 1.29 is 13.9 Å². The van der Waals surface area contributed by atoms with E-state index in [-0.39, 0.29) is 18.3 Å². The lowest BCUT2D eigenvalue weighted by Crippen LogP contribution is -2.47. The van der Waals surface area contributed by atoms with E-state index in [9.17, 15) is 9.18 Å². The summed E-state index contributed by atoms with van der Waals surface area (Å²) in [6.07, 6.45) is 0. The molecule has 0 atom stereocenters. The van der Waals surface area contributed by atoms with Crippen LogP contribution in [0.2, 0.25) is 5.02 Å². The predicted octanol–water partition coefficient (Wildman–Crippen LogP) is 2.99. The third kappa shape index (κ3) is 4.04. The lowest BCUT2D eigenvalue weighted by Gasteiger charge is -2.27. The maximum atomic E-state index is 13.9. The normalized spacial score (nSPS) is 15.2. The molecule has 3 rings (SSSR count). The summed E-state index contributed by atoms with van der Waals surface area (Å²) in [4.78, 5) is 13.5. The zero-order chi connectivity index (χ0) is 16.9. The van der Waals surface area contributed by atoms with Gasteiger partial charge in [-0.05, 0) is 18.2 Å². The molecule has 0 bridgehead atoms. The summed E-state index contributed by atoms with van der Waals surface area (Å²) in [5.41, 5.74) is 1.30. The molecule has 1 aliphatic heterocycles. The van der Waals surface area contributed by atoms with Gasteiger partial charge in [0.25, 0.3) is 0 Å². The second-order valence-corrected chi connectivity index (χ2v) is 6.06. The molecule has 2 aromatic rings. The van der Waals surface area contributed by atoms with Crippen molar-refractivity contribution in [1.82, 2.24) is 10.2 Å². The molecule has 1 aliphatic rings. The van der Waals surface area contributed by atoms with E-state index in [1.54, 1.807) is 12.1 Å². The summed E-state index contributed by atoms with van der Waals surface area (Å²) in [6.45, 7) is 2.47. The topological polar surface area (TPSA) is 41.6 Å². The maximum Gasteiger partial charge on any atom is 0.234 e. The van der Waals surface area contributed by atoms with Gasteiger partial charge in [-0.1, -0.05) is 35.9 Å². The van der Waals surface area contributed by atoms with E-state index < -0.39 is 0 Å². The third-order valence-electron chi connectivity index (χ3n) is 3.92. The van der Waals surface area contributed by atoms with Crippen LogP contribution in [0, 0.1) is 5.82 Å². The Morgan fingerprint density at radius 1 is 1.21 bits per heavy atom. The number of halogens is 2. The average Bonchev–Trinajstić information content (AvgIpc) is 2.56. The van der Waals surface area contributed by atoms with Crippen LogP contribution in [0.4, 0.5) is 4.39 Å². The van der Waals surface area contributed by atoms with Gasteiger partial charge in [0.2, 0.25) is 5.91 Å². The van der Waals surface area contributed by atoms with Crippen molar-refractivity contribution in [2.75, 3.05) is 19.6 Å². The highest BCUT2D eigenvalue weighted by Crippen LogP contribution is 2.24. The second-order valence-electron chi connectivity index (χ2n) is 5.66. The number of hydrogen-bond donors (Lipinski definition) is 1. The standard InChI is InChI=1S/C18H18ClFN2O2/c19-15-5-3-6-16(20)14(15)12-24-17-7-2-1-4-13(17)10-22-9-8-21-18(23)11-22/h1-7H,8-12H2,(H,21,23). The maximum absolute atomic E-state index is 13.9. The number of benzene rings is 2. The van der Waals surface area contributed by atoms with Crippen LogP contribution in [0.25, 0.3) is 0 Å². The van der Waals surface area contributed by atoms with E-state index in [0.717, 1.165) is 12.1 Å². The minimum atomic E-state index is -0.382. The van der Waals surface area contributed by atoms with Gasteiger partial charge in [0.15, 0.2) is 0 Å². The summed E-state index contributed by atoms with van der Waals surface area (Å²) >= 11 is 6.03. The number of piperazine rings is 1. The van der Waals surface area contributed by atoms with Crippen molar-refractivity contribution in [2.45, 2.75) is 13.2 Å². The molecule has 24 heavy (non-hydrogen) atoms. The Balaban J connectivity index is 1.71. The minimum Gasteiger partial charge on any atom is -0.488 e. The van der Waals surface area contributed by atoms with Gasteiger partial charge in [-0.25, -0.2) is 4.39 Å². The Labute approximate surface area is 145 Å². The molecule has 1 saturated heterocycles. The molecule has 1 amide bonds. The zero-order valence-electron chi connectivity index (χ0n) is 13.1. The highest BCUT2D eigenvalue weighted by Gasteiger charge is 2.18. The van der Waals surface area contributed by atoms with Gasteiger partial charge in [-0.2, -0.15) is 0 Å². The molecule has 1 N–H and O–H groups in total. The number of nitrogens with zero attached hydrogens (tertiary/aromatic N) is 1. The summed E-state index contributed by atoms with van der Waals surface area (Å²) in [5, 5.41) is 3.15. The summed E-state index contributed by atoms with van der Waals surface area (Å²) < 4.78 is 19.7. The molecule has 0 saturated carbocycles. The summed E-state index contributed by atoms with van der Waals surface area (Å²) in [7, 11) is 0. The molecule has 1 fully saturated rings. The number of carbonyl (C=O) groups is 1. The van der Waals surface area contributed by atoms with Crippen molar-refractivity contribution in [1.29, 1.82) is 0 Å². The van der Waals surface area contributed by atoms with Crippen LogP contribution in [0.5, 0.6) is 5.75 Å². The molecule has 2 aromatic carbocycles. The number of carbonyl (C=O) groups excluding carboxylic acids is 1. The quantitative estimate of drug-likeness (QED) is 0.903. The molecule has 126 valence electrons. The van der Waals surface area contributed by atoms with Crippen molar-refractivity contribution in [2.24, 2.45) is 0 Å². The highest BCUT2D eigenvalue weighted by atomic mass is 35.5. The first-order valence-corrected chi connectivity index (χ1v) is 8.14. The Hall–Kier alpha value is -2.11. The van der Waals surface area contributed by atoms with Gasteiger partial charge >= 0.3 is 0 Å². The Morgan fingerprint density at radius 3 is 2.83 bits per heavy atom. The van der Waals surface area contributed by atoms with Crippen molar-refractivity contribution in [3.63, 3.8) is 0 Å². The van der Waals surface area contributed by atoms with Crippen LogP contribution >= 0.6 is 11.6 Å². The summed E-state index contributed by atoms with van der Waals surface area (Å²) in [6, 6.07) is 12.1. The summed E-state index contributed by atoms with van der Waals surface area (Å²) in [5.74, 6) is 0.313. The number of hydrogen-bond acceptors (Lipinski definition) is 3. The number of para-hydroxylation sites is 1. The van der Waals surface area contributed by atoms with Crippen molar-refractivity contribution in [3.05, 3.63) is 64.4 Å². The fraction of sp³-hybridized carbons (Fsp3) is 0.278. The third-order valence-corrected chi connectivity index (χ3v) is 4.27. The molecule has 0 aromatic heterocycles. The number of amides is 1. The Morgan fingerprint density at radius 2 is 2.04 bits per heavy atom. The zero-order valence-corrected chi connectivity index (χ0v) is 13.9. The van der Waals surface area contributed by atoms with E-state index in [2.05, 4.69) is 10.2 Å². The molecule has 0 radical (unpaired) electrons. The molecular formula is C18H18ClFN2O2. The molecule has 4 nitrogen and oxygen atoms in total. The second kappa shape index (κ2) is 7.64. The predicted molar refractivity (Wildman–Crippen MR) is 90.5 cm³/mol. The first-order chi connectivity index (χ1) is 11.6. The van der Waals surface area contributed by atoms with Gasteiger partial charge < -0.3 is 10.1 Å². The first-order valence-electron chi connectivity index (χ1n) is 7.76. The van der Waals surface area contributed by atoms with Gasteiger partial charge in [0.05, 0.1) is 11.6 Å². The Kier molecular flexibility index (Phi) is 5.33. The monoisotopic (exact) mass is 348 g/mol. The first kappa shape index (κ1) is 16.7. The van der Waals surface area contributed by atoms with Gasteiger partial charge in [-0.15, -0.1) is 0 Å². The fourth-order valence-corrected chi connectivity index (χ4v) is 2.88. The van der Waals surface area contributed by atoms with Crippen LogP contribution in [0.15, 0.2) is 42.5 Å². The van der Waals surface area contributed by atoms with Gasteiger partial charge in [-0.3, -0.25) is 9.69 Å². The van der Waals surface area contributed by atoms with E-state index >= 15 is 0 Å². The van der Waals surface area contributed by atoms with Gasteiger partial charge in [0.1, 0.15) is 18.2 Å². The molecule has 6 heteroatoms. The lowest BCUT2D eigenvalue weighted by molar-refractivity contribution is -0.124. The molecular weight excluding hydrogens is 331 g/mol. The average molecular weight is 349 g/mol. The molecule has 0 aliphatic carbocycles. The van der Waals surface area contributed by atoms with Crippen molar-refractivity contribution >= 4 is 17.5 Å². The highest BCUT2D eigenvalue weighted by molar-refractivity contribution is 6.31. The van der Waals surface area contributed by atoms with E-state index in [1.807, 2.05) is 24.3 Å². The van der Waals surface area contributed by atoms with E-state index in [4.69, 9.17) is 16.3 Å². The van der Waals surface area contributed by atoms with Crippen molar-refractivity contribution in [3.8, 4) is 5.75 Å². The van der Waals surface area contributed by atoms with Crippen LogP contribution in [0.3, 0.4) is 0 Å². The Bertz CT molecular complexity index is 718. The smallest absolute Gasteiger partial charge is 0.234 e. The molecule has 0 unspecified atom stereocenters. The van der Waals surface area contributed by atoms with Crippen LogP contribution in [0.1, 0.15) is 11.1 Å². The minimum absolute atomic E-state index is 0.0257. The van der Waals surface area contributed by atoms with Gasteiger partial charge in [0, 0.05) is 30.8 Å². The fourth-order valence-electron chi connectivity index (χ4n) is 2.66.